The van der Waals surface area contributed by atoms with Crippen molar-refractivity contribution in [3.63, 3.8) is 0 Å². The summed E-state index contributed by atoms with van der Waals surface area (Å²) >= 11 is 0. The standard InChI is InChI=1S/C45H42N6O8/c1-26(2)23-36(40(52)49-32-8-4-5-9-32)50-35(20-19-34-33-10-6-3-7-29(33)21-22-48-34)37(41(50)53)51-42(54)38(58-44(56)30-15-11-27(24-46)12-16-30)39(43(51)55)59-45(57)31-17-13-28(25-47)14-18-31/h3,6-7,10-18,21-22,26,32,35-39H,4-5,8-9,19-20,23H2,1-2H3,(H,49,52). The number of ether oxygens (including phenoxy) is 2. The van der Waals surface area contributed by atoms with Crippen LogP contribution in [-0.2, 0) is 35.1 Å². The van der Waals surface area contributed by atoms with Crippen LogP contribution in [0.4, 0.5) is 0 Å². The molecule has 300 valence electrons. The van der Waals surface area contributed by atoms with E-state index in [0.717, 1.165) is 47.0 Å². The van der Waals surface area contributed by atoms with Gasteiger partial charge >= 0.3 is 11.9 Å². The Bertz CT molecular complexity index is 2280. The molecule has 14 heteroatoms. The molecule has 14 nitrogen and oxygen atoms in total. The van der Waals surface area contributed by atoms with Crippen molar-refractivity contribution >= 4 is 46.3 Å². The lowest BCUT2D eigenvalue weighted by Crippen LogP contribution is -2.75. The molecule has 1 aliphatic carbocycles. The summed E-state index contributed by atoms with van der Waals surface area (Å²) in [6.45, 7) is 3.89. The summed E-state index contributed by atoms with van der Waals surface area (Å²) in [6, 6.07) is 21.0. The zero-order valence-electron chi connectivity index (χ0n) is 32.6. The minimum atomic E-state index is -1.98. The molecule has 1 saturated carbocycles. The second-order valence-corrected chi connectivity index (χ2v) is 15.5. The number of imide groups is 1. The number of nitriles is 2. The smallest absolute Gasteiger partial charge is 0.339 e. The molecule has 0 radical (unpaired) electrons. The second-order valence-electron chi connectivity index (χ2n) is 15.5. The van der Waals surface area contributed by atoms with Crippen molar-refractivity contribution in [3.8, 4) is 12.1 Å². The number of aryl methyl sites for hydroxylation is 1. The van der Waals surface area contributed by atoms with Gasteiger partial charge in [-0.1, -0.05) is 51.0 Å². The van der Waals surface area contributed by atoms with Gasteiger partial charge in [0.05, 0.1) is 40.4 Å². The first kappa shape index (κ1) is 40.3. The van der Waals surface area contributed by atoms with E-state index in [1.54, 1.807) is 6.20 Å². The van der Waals surface area contributed by atoms with E-state index in [1.807, 2.05) is 56.3 Å². The van der Waals surface area contributed by atoms with Gasteiger partial charge in [0.15, 0.2) is 0 Å². The third kappa shape index (κ3) is 8.25. The zero-order valence-corrected chi connectivity index (χ0v) is 32.6. The lowest BCUT2D eigenvalue weighted by molar-refractivity contribution is -0.175. The van der Waals surface area contributed by atoms with Crippen LogP contribution in [0.3, 0.4) is 0 Å². The van der Waals surface area contributed by atoms with Crippen LogP contribution in [0.5, 0.6) is 0 Å². The van der Waals surface area contributed by atoms with Crippen LogP contribution in [-0.4, -0.2) is 86.7 Å². The molecule has 5 atom stereocenters. The number of esters is 2. The Morgan fingerprint density at radius 3 is 1.90 bits per heavy atom. The Labute approximate surface area is 340 Å². The van der Waals surface area contributed by atoms with Crippen LogP contribution in [0.15, 0.2) is 85.1 Å². The number of fused-ring (bicyclic) bond motifs is 1. The molecule has 3 aromatic carbocycles. The number of nitrogens with zero attached hydrogens (tertiary/aromatic N) is 5. The topological polar surface area (TPSA) is 200 Å². The highest BCUT2D eigenvalue weighted by Gasteiger charge is 2.63. The lowest BCUT2D eigenvalue weighted by Gasteiger charge is -2.53. The van der Waals surface area contributed by atoms with E-state index in [2.05, 4.69) is 10.3 Å². The number of likely N-dealkylation sites (tertiary alicyclic amines) is 2. The van der Waals surface area contributed by atoms with Gasteiger partial charge in [-0.05, 0) is 98.0 Å². The van der Waals surface area contributed by atoms with E-state index in [1.165, 1.54) is 53.4 Å². The van der Waals surface area contributed by atoms with E-state index in [9.17, 15) is 39.3 Å². The Hall–Kier alpha value is -6.93. The van der Waals surface area contributed by atoms with Crippen molar-refractivity contribution in [1.82, 2.24) is 20.1 Å². The van der Waals surface area contributed by atoms with Gasteiger partial charge in [0, 0.05) is 23.3 Å². The molecule has 7 rings (SSSR count). The first-order valence-corrected chi connectivity index (χ1v) is 19.7. The number of amides is 4. The van der Waals surface area contributed by atoms with Gasteiger partial charge < -0.3 is 19.7 Å². The summed E-state index contributed by atoms with van der Waals surface area (Å²) in [4.78, 5) is 91.3. The molecule has 1 aromatic heterocycles. The molecule has 0 bridgehead atoms. The monoisotopic (exact) mass is 794 g/mol. The minimum absolute atomic E-state index is 0.00588. The van der Waals surface area contributed by atoms with Gasteiger partial charge in [-0.2, -0.15) is 10.5 Å². The number of pyridine rings is 1. The third-order valence-corrected chi connectivity index (χ3v) is 11.2. The Morgan fingerprint density at radius 2 is 1.36 bits per heavy atom. The van der Waals surface area contributed by atoms with Crippen molar-refractivity contribution in [2.24, 2.45) is 5.92 Å². The fourth-order valence-electron chi connectivity index (χ4n) is 8.21. The predicted octanol–water partition coefficient (Wildman–Crippen LogP) is 4.78. The van der Waals surface area contributed by atoms with Gasteiger partial charge in [-0.3, -0.25) is 29.1 Å². The largest absolute Gasteiger partial charge is 0.444 e. The van der Waals surface area contributed by atoms with E-state index in [4.69, 9.17) is 9.47 Å². The van der Waals surface area contributed by atoms with Gasteiger partial charge in [0.25, 0.3) is 11.8 Å². The number of carbonyl (C=O) groups excluding carboxylic acids is 6. The molecule has 5 unspecified atom stereocenters. The van der Waals surface area contributed by atoms with Crippen molar-refractivity contribution in [2.75, 3.05) is 0 Å². The van der Waals surface area contributed by atoms with Crippen LogP contribution in [0.2, 0.25) is 0 Å². The van der Waals surface area contributed by atoms with E-state index >= 15 is 0 Å². The number of rotatable bonds is 13. The Morgan fingerprint density at radius 1 is 0.797 bits per heavy atom. The molecule has 59 heavy (non-hydrogen) atoms. The molecule has 4 amide bonds. The third-order valence-electron chi connectivity index (χ3n) is 11.2. The van der Waals surface area contributed by atoms with Gasteiger partial charge in [0.2, 0.25) is 24.0 Å². The molecule has 3 aliphatic rings. The van der Waals surface area contributed by atoms with E-state index in [0.29, 0.717) is 12.8 Å². The Balaban J connectivity index is 1.23. The molecular weight excluding hydrogens is 753 g/mol. The molecular formula is C45H42N6O8. The van der Waals surface area contributed by atoms with Crippen LogP contribution in [0.1, 0.15) is 89.9 Å². The number of β-lactam (4-membered cyclic amide) rings is 1. The SMILES string of the molecule is CC(C)CC(C(=O)NC1CCCC1)N1C(=O)C(N2C(=O)C(OC(=O)c3ccc(C#N)cc3)C(OC(=O)c3ccc(C#N)cc3)C2=O)C1CCc1nccc2ccccc12. The summed E-state index contributed by atoms with van der Waals surface area (Å²) in [5.74, 6) is -5.19. The number of carbonyl (C=O) groups is 6. The highest BCUT2D eigenvalue weighted by Crippen LogP contribution is 2.38. The van der Waals surface area contributed by atoms with Crippen molar-refractivity contribution in [1.29, 1.82) is 10.5 Å². The number of nitrogens with one attached hydrogen (secondary N) is 1. The summed E-state index contributed by atoms with van der Waals surface area (Å²) in [5.41, 5.74) is 1.16. The maximum absolute atomic E-state index is 14.6. The normalized spacial score (nSPS) is 20.9. The molecule has 2 saturated heterocycles. The van der Waals surface area contributed by atoms with Crippen LogP contribution in [0.25, 0.3) is 10.8 Å². The van der Waals surface area contributed by atoms with Gasteiger partial charge in [-0.15, -0.1) is 0 Å². The number of aromatic nitrogens is 1. The number of benzene rings is 3. The van der Waals surface area contributed by atoms with Gasteiger partial charge in [-0.25, -0.2) is 9.59 Å². The summed E-state index contributed by atoms with van der Waals surface area (Å²) in [7, 11) is 0. The predicted molar refractivity (Wildman–Crippen MR) is 211 cm³/mol. The first-order valence-electron chi connectivity index (χ1n) is 19.7. The highest BCUT2D eigenvalue weighted by molar-refractivity contribution is 6.14. The first-order chi connectivity index (χ1) is 28.5. The molecule has 2 aliphatic heterocycles. The number of hydrogen-bond donors (Lipinski definition) is 1. The molecule has 1 N–H and O–H groups in total. The highest BCUT2D eigenvalue weighted by atomic mass is 16.6. The lowest BCUT2D eigenvalue weighted by atomic mass is 9.84. The van der Waals surface area contributed by atoms with Crippen molar-refractivity contribution in [3.05, 3.63) is 113 Å². The maximum Gasteiger partial charge on any atom is 0.339 e. The van der Waals surface area contributed by atoms with Crippen molar-refractivity contribution < 1.29 is 38.2 Å². The summed E-state index contributed by atoms with van der Waals surface area (Å²) < 4.78 is 11.2. The average Bonchev–Trinajstić information content (AvgIpc) is 3.84. The van der Waals surface area contributed by atoms with E-state index in [-0.39, 0.29) is 46.5 Å². The van der Waals surface area contributed by atoms with Crippen LogP contribution < -0.4 is 5.32 Å². The average molecular weight is 795 g/mol. The maximum atomic E-state index is 14.6. The van der Waals surface area contributed by atoms with Crippen LogP contribution >= 0.6 is 0 Å². The van der Waals surface area contributed by atoms with E-state index < -0.39 is 60.0 Å². The quantitative estimate of drug-likeness (QED) is 0.111. The minimum Gasteiger partial charge on any atom is -0.444 e. The fourth-order valence-corrected chi connectivity index (χ4v) is 8.21. The summed E-state index contributed by atoms with van der Waals surface area (Å²) in [5, 5.41) is 23.4. The molecule has 3 fully saturated rings. The fraction of sp³-hybridized carbons (Fsp3) is 0.356. The Kier molecular flexibility index (Phi) is 11.8. The molecule has 3 heterocycles. The zero-order chi connectivity index (χ0) is 41.8. The van der Waals surface area contributed by atoms with Gasteiger partial charge in [0.1, 0.15) is 12.1 Å². The van der Waals surface area contributed by atoms with Crippen LogP contribution in [0, 0.1) is 28.6 Å². The van der Waals surface area contributed by atoms with Crippen molar-refractivity contribution in [2.45, 2.75) is 95.2 Å². The molecule has 4 aromatic rings. The summed E-state index contributed by atoms with van der Waals surface area (Å²) in [6.07, 6.45) is 2.18. The second kappa shape index (κ2) is 17.3. The number of hydrogen-bond acceptors (Lipinski definition) is 11. The molecule has 0 spiro atoms.